The highest BCUT2D eigenvalue weighted by Gasteiger charge is 2.09. The van der Waals surface area contributed by atoms with Crippen molar-refractivity contribution in [2.45, 2.75) is 26.5 Å². The van der Waals surface area contributed by atoms with Crippen molar-refractivity contribution in [2.75, 3.05) is 17.7 Å². The van der Waals surface area contributed by atoms with Crippen molar-refractivity contribution in [3.63, 3.8) is 0 Å². The molecule has 5 heteroatoms. The van der Waals surface area contributed by atoms with Crippen molar-refractivity contribution < 1.29 is 14.6 Å². The highest BCUT2D eigenvalue weighted by atomic mass is 16.5. The summed E-state index contributed by atoms with van der Waals surface area (Å²) in [5.41, 5.74) is 3.49. The minimum absolute atomic E-state index is 0.0276. The van der Waals surface area contributed by atoms with Gasteiger partial charge < -0.3 is 20.5 Å². The molecule has 5 nitrogen and oxygen atoms in total. The third-order valence-corrected chi connectivity index (χ3v) is 3.53. The van der Waals surface area contributed by atoms with Gasteiger partial charge in [-0.2, -0.15) is 0 Å². The van der Waals surface area contributed by atoms with Crippen molar-refractivity contribution in [3.8, 4) is 5.75 Å². The number of aliphatic hydroxyl groups excluding tert-OH is 1. The first-order valence-electron chi connectivity index (χ1n) is 7.45. The van der Waals surface area contributed by atoms with Gasteiger partial charge in [-0.1, -0.05) is 24.3 Å². The van der Waals surface area contributed by atoms with Crippen molar-refractivity contribution in [2.24, 2.45) is 0 Å². The maximum atomic E-state index is 11.2. The number of aliphatic hydroxyl groups is 1. The number of benzene rings is 2. The zero-order valence-electron chi connectivity index (χ0n) is 13.6. The van der Waals surface area contributed by atoms with Crippen LogP contribution in [-0.2, 0) is 11.4 Å². The molecule has 0 heterocycles. The van der Waals surface area contributed by atoms with E-state index in [-0.39, 0.29) is 18.6 Å². The molecule has 23 heavy (non-hydrogen) atoms. The van der Waals surface area contributed by atoms with E-state index in [4.69, 9.17) is 4.74 Å². The number of hydrogen-bond donors (Lipinski definition) is 3. The topological polar surface area (TPSA) is 70.6 Å². The molecule has 2 aromatic rings. The third-order valence-electron chi connectivity index (χ3n) is 3.53. The fraction of sp³-hybridized carbons (Fsp3) is 0.278. The van der Waals surface area contributed by atoms with Crippen LogP contribution in [0.4, 0.5) is 11.4 Å². The van der Waals surface area contributed by atoms with Gasteiger partial charge in [0.15, 0.2) is 0 Å². The van der Waals surface area contributed by atoms with Gasteiger partial charge in [0.2, 0.25) is 5.91 Å². The number of carbonyl (C=O) groups is 1. The molecule has 122 valence electrons. The van der Waals surface area contributed by atoms with Gasteiger partial charge in [-0.05, 0) is 30.2 Å². The Morgan fingerprint density at radius 1 is 1.26 bits per heavy atom. The van der Waals surface area contributed by atoms with Crippen LogP contribution in [0, 0.1) is 0 Å². The Kier molecular flexibility index (Phi) is 5.60. The molecule has 0 aliphatic rings. The SMILES string of the molecule is COc1cc(NC(C)c2cccc(CO)c2)ccc1NC(C)=O. The molecule has 0 saturated heterocycles. The summed E-state index contributed by atoms with van der Waals surface area (Å²) >= 11 is 0. The first kappa shape index (κ1) is 16.8. The predicted molar refractivity (Wildman–Crippen MR) is 91.7 cm³/mol. The highest BCUT2D eigenvalue weighted by Crippen LogP contribution is 2.30. The van der Waals surface area contributed by atoms with E-state index < -0.39 is 0 Å². The molecule has 0 spiro atoms. The smallest absolute Gasteiger partial charge is 0.221 e. The molecular weight excluding hydrogens is 292 g/mol. The van der Waals surface area contributed by atoms with Crippen LogP contribution in [0.15, 0.2) is 42.5 Å². The molecule has 0 aliphatic carbocycles. The molecular formula is C18H22N2O3. The summed E-state index contributed by atoms with van der Waals surface area (Å²) in [7, 11) is 1.57. The van der Waals surface area contributed by atoms with Crippen LogP contribution in [0.5, 0.6) is 5.75 Å². The minimum Gasteiger partial charge on any atom is -0.494 e. The van der Waals surface area contributed by atoms with Gasteiger partial charge in [0.05, 0.1) is 19.4 Å². The number of nitrogens with one attached hydrogen (secondary N) is 2. The minimum atomic E-state index is -0.141. The molecule has 2 rings (SSSR count). The van der Waals surface area contributed by atoms with Crippen molar-refractivity contribution in [3.05, 3.63) is 53.6 Å². The third kappa shape index (κ3) is 4.47. The van der Waals surface area contributed by atoms with Gasteiger partial charge in [-0.3, -0.25) is 4.79 Å². The summed E-state index contributed by atoms with van der Waals surface area (Å²) < 4.78 is 5.32. The zero-order chi connectivity index (χ0) is 16.8. The lowest BCUT2D eigenvalue weighted by atomic mass is 10.1. The molecule has 0 aliphatic heterocycles. The van der Waals surface area contributed by atoms with E-state index in [9.17, 15) is 9.90 Å². The van der Waals surface area contributed by atoms with Gasteiger partial charge in [-0.15, -0.1) is 0 Å². The number of amides is 1. The average Bonchev–Trinajstić information content (AvgIpc) is 2.55. The molecule has 1 amide bonds. The molecule has 3 N–H and O–H groups in total. The van der Waals surface area contributed by atoms with Gasteiger partial charge in [0.25, 0.3) is 0 Å². The van der Waals surface area contributed by atoms with Crippen molar-refractivity contribution >= 4 is 17.3 Å². The van der Waals surface area contributed by atoms with E-state index in [1.807, 2.05) is 43.3 Å². The lowest BCUT2D eigenvalue weighted by Crippen LogP contribution is -2.09. The van der Waals surface area contributed by atoms with Crippen LogP contribution in [0.1, 0.15) is 31.0 Å². The summed E-state index contributed by atoms with van der Waals surface area (Å²) in [4.78, 5) is 11.2. The predicted octanol–water partition coefficient (Wildman–Crippen LogP) is 3.32. The van der Waals surface area contributed by atoms with Gasteiger partial charge in [0, 0.05) is 24.7 Å². The van der Waals surface area contributed by atoms with Crippen LogP contribution >= 0.6 is 0 Å². The van der Waals surface area contributed by atoms with Crippen LogP contribution in [0.2, 0.25) is 0 Å². The first-order valence-corrected chi connectivity index (χ1v) is 7.45. The van der Waals surface area contributed by atoms with Gasteiger partial charge >= 0.3 is 0 Å². The highest BCUT2D eigenvalue weighted by molar-refractivity contribution is 5.90. The average molecular weight is 314 g/mol. The lowest BCUT2D eigenvalue weighted by molar-refractivity contribution is -0.114. The van der Waals surface area contributed by atoms with E-state index in [1.54, 1.807) is 13.2 Å². The summed E-state index contributed by atoms with van der Waals surface area (Å²) in [6.45, 7) is 3.53. The Labute approximate surface area is 136 Å². The standard InChI is InChI=1S/C18H22N2O3/c1-12(15-6-4-5-14(9-15)11-21)19-16-7-8-17(20-13(2)22)18(10-16)23-3/h4-10,12,19,21H,11H2,1-3H3,(H,20,22). The fourth-order valence-electron chi connectivity index (χ4n) is 2.37. The normalized spacial score (nSPS) is 11.7. The molecule has 0 fully saturated rings. The van der Waals surface area contributed by atoms with Crippen LogP contribution in [0.3, 0.4) is 0 Å². The second-order valence-corrected chi connectivity index (χ2v) is 5.37. The Morgan fingerprint density at radius 3 is 2.70 bits per heavy atom. The monoisotopic (exact) mass is 314 g/mol. The Morgan fingerprint density at radius 2 is 2.04 bits per heavy atom. The van der Waals surface area contributed by atoms with Gasteiger partial charge in [0.1, 0.15) is 5.75 Å². The zero-order valence-corrected chi connectivity index (χ0v) is 13.6. The fourth-order valence-corrected chi connectivity index (χ4v) is 2.37. The molecule has 1 atom stereocenters. The van der Waals surface area contributed by atoms with Crippen LogP contribution < -0.4 is 15.4 Å². The van der Waals surface area contributed by atoms with E-state index in [2.05, 4.69) is 10.6 Å². The van der Waals surface area contributed by atoms with Crippen molar-refractivity contribution in [1.29, 1.82) is 0 Å². The molecule has 0 radical (unpaired) electrons. The Hall–Kier alpha value is -2.53. The molecule has 0 saturated carbocycles. The summed E-state index contributed by atoms with van der Waals surface area (Å²) in [5.74, 6) is 0.458. The van der Waals surface area contributed by atoms with Gasteiger partial charge in [-0.25, -0.2) is 0 Å². The molecule has 2 aromatic carbocycles. The molecule has 1 unspecified atom stereocenters. The number of carbonyl (C=O) groups excluding carboxylic acids is 1. The Balaban J connectivity index is 2.17. The summed E-state index contributed by atoms with van der Waals surface area (Å²) in [6, 6.07) is 13.4. The second kappa shape index (κ2) is 7.65. The van der Waals surface area contributed by atoms with Crippen molar-refractivity contribution in [1.82, 2.24) is 0 Å². The quantitative estimate of drug-likeness (QED) is 0.765. The first-order chi connectivity index (χ1) is 11.0. The molecule has 0 aromatic heterocycles. The largest absolute Gasteiger partial charge is 0.494 e. The second-order valence-electron chi connectivity index (χ2n) is 5.37. The maximum absolute atomic E-state index is 11.2. The Bertz CT molecular complexity index is 686. The molecule has 0 bridgehead atoms. The van der Waals surface area contributed by atoms with E-state index in [0.29, 0.717) is 11.4 Å². The number of anilines is 2. The number of methoxy groups -OCH3 is 1. The number of ether oxygens (including phenoxy) is 1. The van der Waals surface area contributed by atoms with Crippen LogP contribution in [-0.4, -0.2) is 18.1 Å². The van der Waals surface area contributed by atoms with E-state index >= 15 is 0 Å². The van der Waals surface area contributed by atoms with Crippen LogP contribution in [0.25, 0.3) is 0 Å². The lowest BCUT2D eigenvalue weighted by Gasteiger charge is -2.18. The number of rotatable bonds is 6. The van der Waals surface area contributed by atoms with E-state index in [1.165, 1.54) is 6.92 Å². The summed E-state index contributed by atoms with van der Waals surface area (Å²) in [6.07, 6.45) is 0. The summed E-state index contributed by atoms with van der Waals surface area (Å²) in [5, 5.41) is 15.4. The van der Waals surface area contributed by atoms with E-state index in [0.717, 1.165) is 16.8 Å². The maximum Gasteiger partial charge on any atom is 0.221 e. The number of hydrogen-bond acceptors (Lipinski definition) is 4.